The van der Waals surface area contributed by atoms with Gasteiger partial charge in [-0.3, -0.25) is 14.5 Å². The molecule has 2 aliphatic heterocycles. The molecular weight excluding hydrogens is 515 g/mol. The van der Waals surface area contributed by atoms with Gasteiger partial charge in [0.25, 0.3) is 5.56 Å². The Hall–Kier alpha value is -1.89. The van der Waals surface area contributed by atoms with E-state index in [2.05, 4.69) is 25.4 Å². The zero-order valence-electron chi connectivity index (χ0n) is 18.5. The summed E-state index contributed by atoms with van der Waals surface area (Å²) >= 11 is 2.03. The molecule has 2 aromatic rings. The van der Waals surface area contributed by atoms with Crippen LogP contribution in [0.4, 0.5) is 10.7 Å². The fourth-order valence-corrected chi connectivity index (χ4v) is 5.12. The van der Waals surface area contributed by atoms with Crippen molar-refractivity contribution in [2.75, 3.05) is 24.6 Å². The van der Waals surface area contributed by atoms with E-state index in [0.717, 1.165) is 12.8 Å². The van der Waals surface area contributed by atoms with E-state index in [1.165, 1.54) is 0 Å². The third-order valence-corrected chi connectivity index (χ3v) is 6.93. The summed E-state index contributed by atoms with van der Waals surface area (Å²) in [7, 11) is 1.74. The molecule has 4 heterocycles. The van der Waals surface area contributed by atoms with Crippen molar-refractivity contribution in [2.24, 2.45) is 12.5 Å². The van der Waals surface area contributed by atoms with Gasteiger partial charge in [0.2, 0.25) is 5.95 Å². The van der Waals surface area contributed by atoms with E-state index in [1.807, 2.05) is 50.3 Å². The first-order chi connectivity index (χ1) is 14.5. The van der Waals surface area contributed by atoms with E-state index in [1.54, 1.807) is 11.6 Å². The number of halogens is 1. The molecule has 0 aliphatic carbocycles. The number of piperidine rings is 1. The van der Waals surface area contributed by atoms with Gasteiger partial charge in [-0.05, 0) is 63.1 Å². The summed E-state index contributed by atoms with van der Waals surface area (Å²) in [6.07, 6.45) is 0.659. The summed E-state index contributed by atoms with van der Waals surface area (Å²) in [5.41, 5.74) is -0.218. The molecule has 1 amide bonds. The Morgan fingerprint density at radius 1 is 1.35 bits per heavy atom. The highest BCUT2D eigenvalue weighted by molar-refractivity contribution is 14.1. The largest absolute Gasteiger partial charge is 0.443 e. The van der Waals surface area contributed by atoms with Crippen molar-refractivity contribution >= 4 is 45.7 Å². The Balaban J connectivity index is 1.52. The van der Waals surface area contributed by atoms with Gasteiger partial charge in [-0.15, -0.1) is 0 Å². The lowest BCUT2D eigenvalue weighted by Crippen LogP contribution is -2.51. The van der Waals surface area contributed by atoms with Gasteiger partial charge in [0, 0.05) is 31.1 Å². The minimum Gasteiger partial charge on any atom is -0.443 e. The number of aromatic nitrogens is 4. The zero-order chi connectivity index (χ0) is 22.6. The number of nitrogens with one attached hydrogen (secondary N) is 2. The summed E-state index contributed by atoms with van der Waals surface area (Å²) in [5.74, 6) is 0.613. The average Bonchev–Trinajstić information content (AvgIpc) is 3.20. The van der Waals surface area contributed by atoms with Gasteiger partial charge < -0.3 is 19.7 Å². The van der Waals surface area contributed by atoms with Crippen LogP contribution in [0.25, 0.3) is 11.0 Å². The smallest absolute Gasteiger partial charge is 0.407 e. The van der Waals surface area contributed by atoms with Crippen molar-refractivity contribution in [1.29, 1.82) is 0 Å². The van der Waals surface area contributed by atoms with Crippen LogP contribution in [0.15, 0.2) is 4.79 Å². The highest BCUT2D eigenvalue weighted by atomic mass is 127. The van der Waals surface area contributed by atoms with Gasteiger partial charge in [-0.25, -0.2) is 4.79 Å². The molecule has 1 spiro atoms. The van der Waals surface area contributed by atoms with E-state index in [4.69, 9.17) is 9.47 Å². The van der Waals surface area contributed by atoms with Crippen molar-refractivity contribution in [3.63, 3.8) is 0 Å². The lowest BCUT2D eigenvalue weighted by Gasteiger charge is -2.42. The Morgan fingerprint density at radius 2 is 2.03 bits per heavy atom. The predicted octanol–water partition coefficient (Wildman–Crippen LogP) is 2.16. The molecule has 0 saturated carbocycles. The minimum absolute atomic E-state index is 0.115. The molecule has 11 heteroatoms. The maximum atomic E-state index is 12.8. The Labute approximate surface area is 194 Å². The van der Waals surface area contributed by atoms with E-state index in [0.29, 0.717) is 40.4 Å². The average molecular weight is 544 g/mol. The van der Waals surface area contributed by atoms with Crippen molar-refractivity contribution in [2.45, 2.75) is 58.3 Å². The number of fused-ring (bicyclic) bond motifs is 1. The van der Waals surface area contributed by atoms with Crippen LogP contribution in [0, 0.1) is 9.12 Å². The molecule has 2 saturated heterocycles. The normalized spacial score (nSPS) is 23.5. The number of carbonyl (C=O) groups excluding carboxylic acids is 1. The molecule has 0 aromatic carbocycles. The molecule has 2 atom stereocenters. The number of alkyl carbamates (subject to hydrolysis) is 1. The van der Waals surface area contributed by atoms with Crippen LogP contribution in [0.3, 0.4) is 0 Å². The Bertz CT molecular complexity index is 1050. The van der Waals surface area contributed by atoms with Crippen molar-refractivity contribution < 1.29 is 14.3 Å². The molecule has 0 radical (unpaired) electrons. The van der Waals surface area contributed by atoms with Crippen LogP contribution in [0.5, 0.6) is 0 Å². The quantitative estimate of drug-likeness (QED) is 0.557. The van der Waals surface area contributed by atoms with Crippen LogP contribution in [-0.2, 0) is 16.5 Å². The number of amides is 1. The number of H-pyrrole nitrogens is 1. The summed E-state index contributed by atoms with van der Waals surface area (Å²) < 4.78 is 14.0. The van der Waals surface area contributed by atoms with E-state index >= 15 is 0 Å². The third kappa shape index (κ3) is 4.13. The molecular formula is C20H29IN6O4. The third-order valence-electron chi connectivity index (χ3n) is 6.15. The monoisotopic (exact) mass is 544 g/mol. The number of ether oxygens (including phenoxy) is 2. The fourth-order valence-electron chi connectivity index (χ4n) is 4.52. The van der Waals surface area contributed by atoms with Crippen molar-refractivity contribution in [1.82, 2.24) is 25.1 Å². The molecule has 0 unspecified atom stereocenters. The zero-order valence-corrected chi connectivity index (χ0v) is 20.6. The van der Waals surface area contributed by atoms with E-state index in [9.17, 15) is 9.59 Å². The lowest BCUT2D eigenvalue weighted by atomic mass is 9.74. The van der Waals surface area contributed by atoms with Gasteiger partial charge in [0.05, 0.1) is 12.7 Å². The van der Waals surface area contributed by atoms with Crippen LogP contribution >= 0.6 is 22.6 Å². The molecule has 170 valence electrons. The fraction of sp³-hybridized carbons (Fsp3) is 0.700. The van der Waals surface area contributed by atoms with Crippen LogP contribution in [-0.4, -0.2) is 63.3 Å². The molecule has 10 nitrogen and oxygen atoms in total. The van der Waals surface area contributed by atoms with Gasteiger partial charge in [-0.1, -0.05) is 0 Å². The SMILES string of the molecule is C[C@@H]1OCC2(CCN(c3nc4[nH]nc(I)c4c(=O)n3C)CC2)[C@@H]1OC(=O)NC(C)(C)C. The molecule has 4 rings (SSSR count). The number of aromatic amines is 1. The maximum Gasteiger partial charge on any atom is 0.407 e. The molecule has 31 heavy (non-hydrogen) atoms. The van der Waals surface area contributed by atoms with E-state index in [-0.39, 0.29) is 28.7 Å². The maximum absolute atomic E-state index is 12.8. The van der Waals surface area contributed by atoms with Gasteiger partial charge >= 0.3 is 6.09 Å². The predicted molar refractivity (Wildman–Crippen MR) is 124 cm³/mol. The van der Waals surface area contributed by atoms with Gasteiger partial charge in [0.1, 0.15) is 15.2 Å². The first kappa shape index (κ1) is 22.3. The standard InChI is InChI=1S/C20H29IN6O4/c1-11-13(31-18(29)23-19(2,3)4)20(10-30-11)6-8-27(9-7-20)17-22-15-12(14(21)24-25-15)16(28)26(17)5/h11,13H,6-10H2,1-5H3,(H,23,29)(H,24,25)/t11-,13+/m0/s1. The first-order valence-electron chi connectivity index (χ1n) is 10.5. The second kappa shape index (κ2) is 7.91. The summed E-state index contributed by atoms with van der Waals surface area (Å²) in [4.78, 5) is 32.0. The number of rotatable bonds is 2. The summed E-state index contributed by atoms with van der Waals surface area (Å²) in [6, 6.07) is 0. The summed E-state index contributed by atoms with van der Waals surface area (Å²) in [5, 5.41) is 10.3. The van der Waals surface area contributed by atoms with Gasteiger partial charge in [-0.2, -0.15) is 10.1 Å². The van der Waals surface area contributed by atoms with Crippen LogP contribution < -0.4 is 15.8 Å². The van der Waals surface area contributed by atoms with Crippen LogP contribution in [0.1, 0.15) is 40.5 Å². The molecule has 2 N–H and O–H groups in total. The number of carbonyl (C=O) groups is 1. The number of hydrogen-bond acceptors (Lipinski definition) is 7. The highest BCUT2D eigenvalue weighted by Gasteiger charge is 2.52. The molecule has 2 aromatic heterocycles. The number of hydrogen-bond donors (Lipinski definition) is 2. The Kier molecular flexibility index (Phi) is 5.69. The number of anilines is 1. The van der Waals surface area contributed by atoms with Crippen LogP contribution in [0.2, 0.25) is 0 Å². The molecule has 0 bridgehead atoms. The molecule has 2 aliphatic rings. The second-order valence-electron chi connectivity index (χ2n) is 9.58. The van der Waals surface area contributed by atoms with E-state index < -0.39 is 6.09 Å². The minimum atomic E-state index is -0.417. The van der Waals surface area contributed by atoms with Crippen molar-refractivity contribution in [3.8, 4) is 0 Å². The topological polar surface area (TPSA) is 114 Å². The van der Waals surface area contributed by atoms with Crippen molar-refractivity contribution in [3.05, 3.63) is 14.1 Å². The van der Waals surface area contributed by atoms with Gasteiger partial charge in [0.15, 0.2) is 5.65 Å². The molecule has 2 fully saturated rings. The summed E-state index contributed by atoms with van der Waals surface area (Å²) in [6.45, 7) is 9.65. The second-order valence-corrected chi connectivity index (χ2v) is 10.6. The highest BCUT2D eigenvalue weighted by Crippen LogP contribution is 2.44. The Morgan fingerprint density at radius 3 is 2.68 bits per heavy atom. The number of nitrogens with zero attached hydrogens (tertiary/aromatic N) is 4. The first-order valence-corrected chi connectivity index (χ1v) is 11.5. The lowest BCUT2D eigenvalue weighted by molar-refractivity contribution is 0.00107.